The molecule has 0 saturated carbocycles. The fraction of sp³-hybridized carbons (Fsp3) is 0.407. The number of piperidine rings is 1. The average Bonchev–Trinajstić information content (AvgIpc) is 2.77. The minimum atomic E-state index is -3.88. The van der Waals surface area contributed by atoms with E-state index in [1.165, 1.54) is 34.6 Å². The highest BCUT2D eigenvalue weighted by molar-refractivity contribution is 7.89. The first-order chi connectivity index (χ1) is 16.8. The molecule has 3 rings (SSSR count). The topological polar surface area (TPSA) is 95.6 Å². The molecule has 1 aliphatic rings. The van der Waals surface area contributed by atoms with E-state index < -0.39 is 21.1 Å². The van der Waals surface area contributed by atoms with Crippen LogP contribution in [0.15, 0.2) is 66.1 Å². The van der Waals surface area contributed by atoms with Crippen LogP contribution in [0.25, 0.3) is 0 Å². The van der Waals surface area contributed by atoms with Crippen LogP contribution in [0.3, 0.4) is 0 Å². The van der Waals surface area contributed by atoms with Gasteiger partial charge in [0.25, 0.3) is 5.91 Å². The molecule has 1 saturated heterocycles. The number of halogens is 1. The second-order valence-electron chi connectivity index (χ2n) is 10.4. The van der Waals surface area contributed by atoms with E-state index in [1.54, 1.807) is 6.07 Å². The van der Waals surface area contributed by atoms with E-state index >= 15 is 0 Å². The number of benzene rings is 2. The molecule has 2 N–H and O–H groups in total. The van der Waals surface area contributed by atoms with Gasteiger partial charge in [-0.25, -0.2) is 8.42 Å². The molecule has 0 unspecified atom stereocenters. The van der Waals surface area contributed by atoms with Gasteiger partial charge in [0, 0.05) is 34.3 Å². The van der Waals surface area contributed by atoms with Crippen molar-refractivity contribution in [3.8, 4) is 0 Å². The van der Waals surface area contributed by atoms with Crippen LogP contribution < -0.4 is 10.6 Å². The van der Waals surface area contributed by atoms with E-state index in [1.807, 2.05) is 45.9 Å². The Labute approximate surface area is 219 Å². The van der Waals surface area contributed by atoms with Crippen LogP contribution in [0.1, 0.15) is 56.5 Å². The van der Waals surface area contributed by atoms with Crippen LogP contribution in [0, 0.1) is 0 Å². The molecule has 36 heavy (non-hydrogen) atoms. The first kappa shape index (κ1) is 27.9. The van der Waals surface area contributed by atoms with Crippen molar-refractivity contribution in [3.05, 3.63) is 77.3 Å². The summed E-state index contributed by atoms with van der Waals surface area (Å²) in [7, 11) is -3.88. The number of nitrogens with zero attached hydrogens (tertiary/aromatic N) is 1. The highest BCUT2D eigenvalue weighted by atomic mass is 35.5. The molecule has 2 aromatic rings. The third kappa shape index (κ3) is 6.35. The van der Waals surface area contributed by atoms with Gasteiger partial charge in [-0.3, -0.25) is 9.59 Å². The molecular formula is C27H34ClN3O4S. The van der Waals surface area contributed by atoms with Crippen LogP contribution in [-0.2, 0) is 21.2 Å². The summed E-state index contributed by atoms with van der Waals surface area (Å²) in [6.07, 6.45) is 2.77. The number of sulfonamides is 1. The fourth-order valence-electron chi connectivity index (χ4n) is 5.27. The van der Waals surface area contributed by atoms with Gasteiger partial charge in [-0.05, 0) is 95.0 Å². The summed E-state index contributed by atoms with van der Waals surface area (Å²) in [4.78, 5) is 24.5. The normalized spacial score (nSPS) is 17.8. The molecule has 194 valence electrons. The number of hydrogen-bond donors (Lipinski definition) is 2. The Bertz CT molecular complexity index is 1220. The fourth-order valence-corrected chi connectivity index (χ4v) is 7.63. The van der Waals surface area contributed by atoms with Gasteiger partial charge >= 0.3 is 0 Å². The molecule has 0 radical (unpaired) electrons. The van der Waals surface area contributed by atoms with Crippen molar-refractivity contribution < 1.29 is 18.0 Å². The molecule has 1 heterocycles. The Hall–Kier alpha value is -2.68. The van der Waals surface area contributed by atoms with Gasteiger partial charge in [0.05, 0.1) is 4.90 Å². The first-order valence-electron chi connectivity index (χ1n) is 11.9. The van der Waals surface area contributed by atoms with Gasteiger partial charge in [0.1, 0.15) is 0 Å². The van der Waals surface area contributed by atoms with Gasteiger partial charge in [0.2, 0.25) is 15.9 Å². The van der Waals surface area contributed by atoms with Crippen LogP contribution in [0.4, 0.5) is 0 Å². The molecule has 0 aromatic heterocycles. The highest BCUT2D eigenvalue weighted by Crippen LogP contribution is 2.42. The van der Waals surface area contributed by atoms with Crippen molar-refractivity contribution in [1.82, 2.24) is 14.9 Å². The van der Waals surface area contributed by atoms with Crippen molar-refractivity contribution >= 4 is 33.4 Å². The molecule has 0 bridgehead atoms. The second-order valence-corrected chi connectivity index (χ2v) is 12.6. The molecule has 0 spiro atoms. The zero-order valence-corrected chi connectivity index (χ0v) is 22.7. The second kappa shape index (κ2) is 10.7. The summed E-state index contributed by atoms with van der Waals surface area (Å²) >= 11 is 6.00. The Morgan fingerprint density at radius 1 is 1.08 bits per heavy atom. The molecule has 7 nitrogen and oxygen atoms in total. The maximum absolute atomic E-state index is 13.8. The van der Waals surface area contributed by atoms with E-state index in [9.17, 15) is 18.0 Å². The molecule has 0 aliphatic carbocycles. The smallest absolute Gasteiger partial charge is 0.251 e. The van der Waals surface area contributed by atoms with E-state index in [4.69, 9.17) is 11.6 Å². The number of carbonyl (C=O) groups excluding carboxylic acids is 2. The maximum atomic E-state index is 13.8. The van der Waals surface area contributed by atoms with E-state index in [2.05, 4.69) is 17.2 Å². The Balaban J connectivity index is 1.72. The lowest BCUT2D eigenvalue weighted by Gasteiger charge is -2.53. The summed E-state index contributed by atoms with van der Waals surface area (Å²) < 4.78 is 29.0. The SMILES string of the molecule is C=CC(=O)NC1CC(C)(C)N(S(=O)(=O)c2ccc(C(=O)NCCc3cccc(Cl)c3)cc2)C(C)(C)C1. The number of amides is 2. The van der Waals surface area contributed by atoms with E-state index in [0.29, 0.717) is 36.4 Å². The van der Waals surface area contributed by atoms with Gasteiger partial charge in [0.15, 0.2) is 0 Å². The van der Waals surface area contributed by atoms with E-state index in [0.717, 1.165) is 5.56 Å². The van der Waals surface area contributed by atoms with Crippen LogP contribution in [-0.4, -0.2) is 48.2 Å². The summed E-state index contributed by atoms with van der Waals surface area (Å²) in [6, 6.07) is 13.3. The van der Waals surface area contributed by atoms with Crippen LogP contribution in [0.5, 0.6) is 0 Å². The minimum absolute atomic E-state index is 0.118. The number of rotatable bonds is 8. The average molecular weight is 532 g/mol. The molecule has 0 atom stereocenters. The standard InChI is InChI=1S/C27H34ClN3O4S/c1-6-24(32)30-22-17-26(2,3)31(27(4,5)18-22)36(34,35)23-12-10-20(11-13-23)25(33)29-15-14-19-8-7-9-21(28)16-19/h6-13,16,22H,1,14-15,17-18H2,2-5H3,(H,29,33)(H,30,32). The quantitative estimate of drug-likeness (QED) is 0.496. The van der Waals surface area contributed by atoms with Crippen molar-refractivity contribution in [2.24, 2.45) is 0 Å². The molecule has 1 aliphatic heterocycles. The third-order valence-corrected chi connectivity index (χ3v) is 8.94. The van der Waals surface area contributed by atoms with Crippen molar-refractivity contribution in [3.63, 3.8) is 0 Å². The Morgan fingerprint density at radius 3 is 2.25 bits per heavy atom. The lowest BCUT2D eigenvalue weighted by molar-refractivity contribution is -0.118. The molecule has 2 amide bonds. The van der Waals surface area contributed by atoms with Gasteiger partial charge in [-0.15, -0.1) is 0 Å². The number of hydrogen-bond acceptors (Lipinski definition) is 4. The first-order valence-corrected chi connectivity index (χ1v) is 13.7. The summed E-state index contributed by atoms with van der Waals surface area (Å²) in [5.74, 6) is -0.551. The Kier molecular flexibility index (Phi) is 8.33. The number of carbonyl (C=O) groups is 2. The predicted molar refractivity (Wildman–Crippen MR) is 142 cm³/mol. The minimum Gasteiger partial charge on any atom is -0.352 e. The highest BCUT2D eigenvalue weighted by Gasteiger charge is 2.51. The predicted octanol–water partition coefficient (Wildman–Crippen LogP) is 4.33. The maximum Gasteiger partial charge on any atom is 0.251 e. The lowest BCUT2D eigenvalue weighted by Crippen LogP contribution is -2.65. The van der Waals surface area contributed by atoms with Gasteiger partial charge in [-0.1, -0.05) is 30.3 Å². The Morgan fingerprint density at radius 2 is 1.69 bits per heavy atom. The molecular weight excluding hydrogens is 498 g/mol. The molecule has 2 aromatic carbocycles. The third-order valence-electron chi connectivity index (χ3n) is 6.37. The van der Waals surface area contributed by atoms with Crippen LogP contribution in [0.2, 0.25) is 5.02 Å². The zero-order valence-electron chi connectivity index (χ0n) is 21.2. The lowest BCUT2D eigenvalue weighted by atomic mass is 9.79. The zero-order chi connectivity index (χ0) is 26.7. The largest absolute Gasteiger partial charge is 0.352 e. The summed E-state index contributed by atoms with van der Waals surface area (Å²) in [5, 5.41) is 6.41. The monoisotopic (exact) mass is 531 g/mol. The summed E-state index contributed by atoms with van der Waals surface area (Å²) in [6.45, 7) is 11.4. The van der Waals surface area contributed by atoms with E-state index in [-0.39, 0.29) is 22.8 Å². The van der Waals surface area contributed by atoms with Crippen molar-refractivity contribution in [2.75, 3.05) is 6.54 Å². The number of nitrogens with one attached hydrogen (secondary N) is 2. The van der Waals surface area contributed by atoms with Crippen LogP contribution >= 0.6 is 11.6 Å². The van der Waals surface area contributed by atoms with Gasteiger partial charge < -0.3 is 10.6 Å². The molecule has 1 fully saturated rings. The van der Waals surface area contributed by atoms with Crippen molar-refractivity contribution in [2.45, 2.75) is 69.0 Å². The van der Waals surface area contributed by atoms with Crippen molar-refractivity contribution in [1.29, 1.82) is 0 Å². The molecule has 9 heteroatoms. The van der Waals surface area contributed by atoms with Gasteiger partial charge in [-0.2, -0.15) is 4.31 Å². The summed E-state index contributed by atoms with van der Waals surface area (Å²) in [5.41, 5.74) is -0.113.